The first-order chi connectivity index (χ1) is 8.23. The van der Waals surface area contributed by atoms with Crippen molar-refractivity contribution in [3.05, 3.63) is 35.9 Å². The van der Waals surface area contributed by atoms with Crippen LogP contribution in [0.15, 0.2) is 30.3 Å². The largest absolute Gasteiger partial charge is 0.480 e. The molecular weight excluding hydrogens is 218 g/mol. The molecule has 0 spiro atoms. The molecule has 0 aliphatic carbocycles. The topological polar surface area (TPSA) is 58.6 Å². The van der Waals surface area contributed by atoms with Crippen LogP contribution < -0.4 is 5.32 Å². The van der Waals surface area contributed by atoms with Crippen LogP contribution in [0.3, 0.4) is 0 Å². The van der Waals surface area contributed by atoms with Crippen LogP contribution in [-0.2, 0) is 16.1 Å². The first kappa shape index (κ1) is 12.1. The maximum atomic E-state index is 11.2. The van der Waals surface area contributed by atoms with E-state index in [1.807, 2.05) is 30.3 Å². The van der Waals surface area contributed by atoms with Crippen LogP contribution in [-0.4, -0.2) is 29.8 Å². The van der Waals surface area contributed by atoms with Crippen LogP contribution in [0.1, 0.15) is 18.4 Å². The molecular formula is C13H17NO3. The molecule has 92 valence electrons. The van der Waals surface area contributed by atoms with Gasteiger partial charge in [-0.2, -0.15) is 0 Å². The van der Waals surface area contributed by atoms with Crippen LogP contribution in [0, 0.1) is 0 Å². The Morgan fingerprint density at radius 1 is 1.41 bits per heavy atom. The molecule has 1 atom stereocenters. The van der Waals surface area contributed by atoms with Gasteiger partial charge < -0.3 is 9.84 Å². The second kappa shape index (κ2) is 5.29. The van der Waals surface area contributed by atoms with Crippen molar-refractivity contribution < 1.29 is 14.6 Å². The summed E-state index contributed by atoms with van der Waals surface area (Å²) in [4.78, 5) is 11.2. The van der Waals surface area contributed by atoms with Gasteiger partial charge in [0.1, 0.15) is 5.54 Å². The predicted molar refractivity (Wildman–Crippen MR) is 63.7 cm³/mol. The Bertz CT molecular complexity index is 372. The lowest BCUT2D eigenvalue weighted by Gasteiger charge is -2.24. The number of rotatable bonds is 5. The zero-order valence-electron chi connectivity index (χ0n) is 9.69. The van der Waals surface area contributed by atoms with Gasteiger partial charge in [0.25, 0.3) is 0 Å². The molecule has 0 saturated carbocycles. The van der Waals surface area contributed by atoms with Crippen LogP contribution in [0.4, 0.5) is 0 Å². The molecule has 1 aromatic carbocycles. The molecule has 17 heavy (non-hydrogen) atoms. The highest BCUT2D eigenvalue weighted by atomic mass is 16.5. The number of nitrogens with one attached hydrogen (secondary N) is 1. The zero-order valence-corrected chi connectivity index (χ0v) is 9.69. The van der Waals surface area contributed by atoms with Gasteiger partial charge in [-0.25, -0.2) is 0 Å². The second-order valence-electron chi connectivity index (χ2n) is 4.40. The molecule has 0 aromatic heterocycles. The minimum absolute atomic E-state index is 0.219. The van der Waals surface area contributed by atoms with Crippen molar-refractivity contribution in [1.82, 2.24) is 5.32 Å². The normalized spacial score (nSPS) is 23.8. The Morgan fingerprint density at radius 3 is 2.76 bits per heavy atom. The Kier molecular flexibility index (Phi) is 3.76. The first-order valence-corrected chi connectivity index (χ1v) is 5.83. The molecule has 0 radical (unpaired) electrons. The predicted octanol–water partition coefficient (Wildman–Crippen LogP) is 1.41. The maximum Gasteiger partial charge on any atom is 0.326 e. The summed E-state index contributed by atoms with van der Waals surface area (Å²) in [6.45, 7) is 1.43. The highest BCUT2D eigenvalue weighted by molar-refractivity contribution is 5.79. The molecule has 0 bridgehead atoms. The maximum absolute atomic E-state index is 11.2. The fraction of sp³-hybridized carbons (Fsp3) is 0.462. The molecule has 0 unspecified atom stereocenters. The van der Waals surface area contributed by atoms with Gasteiger partial charge in [-0.1, -0.05) is 30.3 Å². The number of carboxylic acid groups (broad SMARTS) is 1. The summed E-state index contributed by atoms with van der Waals surface area (Å²) >= 11 is 0. The highest BCUT2D eigenvalue weighted by Gasteiger charge is 2.41. The van der Waals surface area contributed by atoms with Crippen LogP contribution in [0.5, 0.6) is 0 Å². The van der Waals surface area contributed by atoms with E-state index < -0.39 is 11.5 Å². The smallest absolute Gasteiger partial charge is 0.326 e. The number of carbonyl (C=O) groups is 1. The molecule has 1 fully saturated rings. The van der Waals surface area contributed by atoms with E-state index in [2.05, 4.69) is 5.32 Å². The van der Waals surface area contributed by atoms with E-state index in [0.29, 0.717) is 13.0 Å². The molecule has 1 aromatic rings. The number of benzene rings is 1. The van der Waals surface area contributed by atoms with Crippen LogP contribution in [0.25, 0.3) is 0 Å². The number of ether oxygens (including phenoxy) is 1. The Balaban J connectivity index is 1.87. The number of carboxylic acids is 1. The Morgan fingerprint density at radius 2 is 2.18 bits per heavy atom. The van der Waals surface area contributed by atoms with Gasteiger partial charge in [0.2, 0.25) is 0 Å². The summed E-state index contributed by atoms with van der Waals surface area (Å²) < 4.78 is 5.52. The lowest BCUT2D eigenvalue weighted by molar-refractivity contribution is -0.147. The minimum atomic E-state index is -0.880. The van der Waals surface area contributed by atoms with Crippen molar-refractivity contribution in [2.75, 3.05) is 13.2 Å². The monoisotopic (exact) mass is 235 g/mol. The van der Waals surface area contributed by atoms with Crippen molar-refractivity contribution in [2.45, 2.75) is 25.0 Å². The molecule has 1 heterocycles. The van der Waals surface area contributed by atoms with Crippen molar-refractivity contribution in [3.8, 4) is 0 Å². The Labute approximate surface area is 101 Å². The van der Waals surface area contributed by atoms with Gasteiger partial charge in [0.15, 0.2) is 0 Å². The number of hydrogen-bond donors (Lipinski definition) is 2. The summed E-state index contributed by atoms with van der Waals surface area (Å²) in [5.41, 5.74) is 0.181. The second-order valence-corrected chi connectivity index (χ2v) is 4.40. The van der Waals surface area contributed by atoms with Gasteiger partial charge in [-0.05, 0) is 24.9 Å². The van der Waals surface area contributed by atoms with E-state index >= 15 is 0 Å². The number of hydrogen-bond acceptors (Lipinski definition) is 3. The fourth-order valence-corrected chi connectivity index (χ4v) is 2.09. The van der Waals surface area contributed by atoms with Gasteiger partial charge >= 0.3 is 5.97 Å². The standard InChI is InChI=1S/C13H17NO3/c15-12(16)13(7-4-8-14-13)10-17-9-11-5-2-1-3-6-11/h1-3,5-6,14H,4,7-10H2,(H,15,16)/t13-/m1/s1. The molecule has 4 heteroatoms. The third-order valence-corrected chi connectivity index (χ3v) is 3.11. The molecule has 1 aliphatic rings. The van der Waals surface area contributed by atoms with Gasteiger partial charge in [0.05, 0.1) is 13.2 Å². The number of aliphatic carboxylic acids is 1. The summed E-state index contributed by atoms with van der Waals surface area (Å²) in [6, 6.07) is 9.77. The van der Waals surface area contributed by atoms with Crippen molar-refractivity contribution in [1.29, 1.82) is 0 Å². The molecule has 4 nitrogen and oxygen atoms in total. The quantitative estimate of drug-likeness (QED) is 0.810. The zero-order chi connectivity index (χ0) is 12.1. The van der Waals surface area contributed by atoms with E-state index in [1.165, 1.54) is 0 Å². The fourth-order valence-electron chi connectivity index (χ4n) is 2.09. The summed E-state index contributed by atoms with van der Waals surface area (Å²) in [5, 5.41) is 12.2. The summed E-state index contributed by atoms with van der Waals surface area (Å²) in [6.07, 6.45) is 1.53. The van der Waals surface area contributed by atoms with Gasteiger partial charge in [-0.15, -0.1) is 0 Å². The van der Waals surface area contributed by atoms with Gasteiger partial charge in [0, 0.05) is 0 Å². The summed E-state index contributed by atoms with van der Waals surface area (Å²) in [5.74, 6) is -0.817. The highest BCUT2D eigenvalue weighted by Crippen LogP contribution is 2.20. The van der Waals surface area contributed by atoms with Crippen LogP contribution >= 0.6 is 0 Å². The third kappa shape index (κ3) is 2.84. The molecule has 0 amide bonds. The van der Waals surface area contributed by atoms with Crippen molar-refractivity contribution >= 4 is 5.97 Å². The van der Waals surface area contributed by atoms with Crippen LogP contribution in [0.2, 0.25) is 0 Å². The van der Waals surface area contributed by atoms with E-state index in [1.54, 1.807) is 0 Å². The lowest BCUT2D eigenvalue weighted by atomic mass is 9.99. The Hall–Kier alpha value is -1.39. The molecule has 2 rings (SSSR count). The lowest BCUT2D eigenvalue weighted by Crippen LogP contribution is -2.51. The average Bonchev–Trinajstić information content (AvgIpc) is 2.80. The van der Waals surface area contributed by atoms with E-state index in [0.717, 1.165) is 18.5 Å². The van der Waals surface area contributed by atoms with Crippen molar-refractivity contribution in [3.63, 3.8) is 0 Å². The van der Waals surface area contributed by atoms with Crippen molar-refractivity contribution in [2.24, 2.45) is 0 Å². The van der Waals surface area contributed by atoms with E-state index in [9.17, 15) is 9.90 Å². The molecule has 1 saturated heterocycles. The first-order valence-electron chi connectivity index (χ1n) is 5.83. The molecule has 1 aliphatic heterocycles. The third-order valence-electron chi connectivity index (χ3n) is 3.11. The molecule has 2 N–H and O–H groups in total. The van der Waals surface area contributed by atoms with E-state index in [4.69, 9.17) is 4.74 Å². The SMILES string of the molecule is O=C(O)[C@]1(COCc2ccccc2)CCCN1. The van der Waals surface area contributed by atoms with E-state index in [-0.39, 0.29) is 6.61 Å². The summed E-state index contributed by atoms with van der Waals surface area (Å²) in [7, 11) is 0. The van der Waals surface area contributed by atoms with Gasteiger partial charge in [-0.3, -0.25) is 10.1 Å². The average molecular weight is 235 g/mol. The minimum Gasteiger partial charge on any atom is -0.480 e.